The first-order valence-corrected chi connectivity index (χ1v) is 6.36. The summed E-state index contributed by atoms with van der Waals surface area (Å²) in [4.78, 5) is 10.1. The Morgan fingerprint density at radius 1 is 1.22 bits per heavy atom. The van der Waals surface area contributed by atoms with Crippen molar-refractivity contribution in [2.75, 3.05) is 24.7 Å². The second kappa shape index (κ2) is 5.38. The molecule has 0 saturated carbocycles. The molecule has 0 radical (unpaired) electrons. The van der Waals surface area contributed by atoms with E-state index in [0.29, 0.717) is 11.4 Å². The van der Waals surface area contributed by atoms with Gasteiger partial charge in [-0.1, -0.05) is 0 Å². The Morgan fingerprint density at radius 3 is 2.50 bits per heavy atom. The van der Waals surface area contributed by atoms with Gasteiger partial charge in [0, 0.05) is 41.8 Å². The van der Waals surface area contributed by atoms with Crippen LogP contribution < -0.4 is 15.4 Å². The Labute approximate surface area is 119 Å². The smallest absolute Gasteiger partial charge is 0.322 e. The topological polar surface area (TPSA) is 64.3 Å². The second-order valence-corrected chi connectivity index (χ2v) is 5.15. The summed E-state index contributed by atoms with van der Waals surface area (Å²) in [5.74, 6) is 0.558. The summed E-state index contributed by atoms with van der Waals surface area (Å²) in [6, 6.07) is 5.88. The van der Waals surface area contributed by atoms with Gasteiger partial charge in [-0.05, 0) is 34.7 Å². The van der Waals surface area contributed by atoms with Crippen LogP contribution in [-0.4, -0.2) is 24.1 Å². The number of nitrogens with two attached hydrogens (primary N) is 1. The number of hydrogen-bond donors (Lipinski definition) is 1. The van der Waals surface area contributed by atoms with Crippen molar-refractivity contribution in [2.24, 2.45) is 0 Å². The first-order valence-electron chi connectivity index (χ1n) is 5.28. The SMILES string of the molecule is CN(C)c1ccc(N)c(Oc2ncc(I)cn2)c1. The number of ether oxygens (including phenoxy) is 1. The zero-order chi connectivity index (χ0) is 13.1. The standard InChI is InChI=1S/C12H13IN4O/c1-17(2)9-3-4-10(14)11(5-9)18-12-15-6-8(13)7-16-12/h3-7H,14H2,1-2H3. The summed E-state index contributed by atoms with van der Waals surface area (Å²) < 4.78 is 6.53. The molecule has 2 N–H and O–H groups in total. The van der Waals surface area contributed by atoms with E-state index in [2.05, 4.69) is 32.6 Å². The Bertz CT molecular complexity index is 542. The normalized spacial score (nSPS) is 10.2. The molecule has 94 valence electrons. The van der Waals surface area contributed by atoms with Gasteiger partial charge < -0.3 is 15.4 Å². The van der Waals surface area contributed by atoms with Gasteiger partial charge in [-0.25, -0.2) is 9.97 Å². The summed E-state index contributed by atoms with van der Waals surface area (Å²) in [5.41, 5.74) is 7.43. The van der Waals surface area contributed by atoms with Crippen LogP contribution in [0.3, 0.4) is 0 Å². The van der Waals surface area contributed by atoms with Crippen LogP contribution >= 0.6 is 22.6 Å². The molecule has 0 atom stereocenters. The highest BCUT2D eigenvalue weighted by Crippen LogP contribution is 2.29. The predicted molar refractivity (Wildman–Crippen MR) is 80.0 cm³/mol. The van der Waals surface area contributed by atoms with Crippen LogP contribution in [0.4, 0.5) is 11.4 Å². The van der Waals surface area contributed by atoms with Crippen molar-refractivity contribution in [1.82, 2.24) is 9.97 Å². The lowest BCUT2D eigenvalue weighted by Crippen LogP contribution is -2.09. The van der Waals surface area contributed by atoms with Crippen molar-refractivity contribution in [3.8, 4) is 11.8 Å². The van der Waals surface area contributed by atoms with E-state index < -0.39 is 0 Å². The molecule has 0 saturated heterocycles. The lowest BCUT2D eigenvalue weighted by Gasteiger charge is -2.14. The van der Waals surface area contributed by atoms with E-state index in [0.717, 1.165) is 9.26 Å². The third kappa shape index (κ3) is 3.00. The number of anilines is 2. The summed E-state index contributed by atoms with van der Waals surface area (Å²) in [5, 5.41) is 0. The average molecular weight is 356 g/mol. The molecular formula is C12H13IN4O. The van der Waals surface area contributed by atoms with Gasteiger partial charge >= 0.3 is 6.01 Å². The number of rotatable bonds is 3. The number of benzene rings is 1. The van der Waals surface area contributed by atoms with Gasteiger partial charge in [0.05, 0.1) is 5.69 Å². The van der Waals surface area contributed by atoms with Crippen molar-refractivity contribution < 1.29 is 4.74 Å². The van der Waals surface area contributed by atoms with Crippen molar-refractivity contribution in [2.45, 2.75) is 0 Å². The minimum Gasteiger partial charge on any atom is -0.422 e. The summed E-state index contributed by atoms with van der Waals surface area (Å²) >= 11 is 2.14. The molecular weight excluding hydrogens is 343 g/mol. The monoisotopic (exact) mass is 356 g/mol. The minimum atomic E-state index is 0.290. The fraction of sp³-hybridized carbons (Fsp3) is 0.167. The van der Waals surface area contributed by atoms with E-state index in [-0.39, 0.29) is 6.01 Å². The van der Waals surface area contributed by atoms with Gasteiger partial charge in [-0.2, -0.15) is 0 Å². The average Bonchev–Trinajstić information content (AvgIpc) is 2.34. The lowest BCUT2D eigenvalue weighted by molar-refractivity contribution is 0.443. The van der Waals surface area contributed by atoms with E-state index in [1.165, 1.54) is 0 Å². The molecule has 5 nitrogen and oxygen atoms in total. The van der Waals surface area contributed by atoms with E-state index in [9.17, 15) is 0 Å². The Kier molecular flexibility index (Phi) is 3.85. The van der Waals surface area contributed by atoms with Crippen LogP contribution in [0.2, 0.25) is 0 Å². The molecule has 0 amide bonds. The van der Waals surface area contributed by atoms with Crippen molar-refractivity contribution in [1.29, 1.82) is 0 Å². The van der Waals surface area contributed by atoms with E-state index in [4.69, 9.17) is 10.5 Å². The predicted octanol–water partition coefficient (Wildman–Crippen LogP) is 2.52. The Balaban J connectivity index is 2.27. The Hall–Kier alpha value is -1.57. The first kappa shape index (κ1) is 12.9. The van der Waals surface area contributed by atoms with E-state index >= 15 is 0 Å². The molecule has 2 aromatic rings. The molecule has 1 aromatic heterocycles. The molecule has 0 spiro atoms. The molecule has 0 aliphatic rings. The van der Waals surface area contributed by atoms with Gasteiger partial charge in [-0.3, -0.25) is 0 Å². The lowest BCUT2D eigenvalue weighted by atomic mass is 10.2. The maximum Gasteiger partial charge on any atom is 0.322 e. The molecule has 0 fully saturated rings. The Morgan fingerprint density at radius 2 is 1.89 bits per heavy atom. The highest BCUT2D eigenvalue weighted by Gasteiger charge is 2.06. The van der Waals surface area contributed by atoms with Gasteiger partial charge in [0.15, 0.2) is 5.75 Å². The highest BCUT2D eigenvalue weighted by atomic mass is 127. The second-order valence-electron chi connectivity index (χ2n) is 3.90. The number of halogens is 1. The van der Waals surface area contributed by atoms with Crippen molar-refractivity contribution >= 4 is 34.0 Å². The van der Waals surface area contributed by atoms with Gasteiger partial charge in [0.25, 0.3) is 0 Å². The molecule has 18 heavy (non-hydrogen) atoms. The van der Waals surface area contributed by atoms with Crippen LogP contribution in [0, 0.1) is 3.57 Å². The number of nitrogens with zero attached hydrogens (tertiary/aromatic N) is 3. The van der Waals surface area contributed by atoms with E-state index in [1.54, 1.807) is 18.5 Å². The zero-order valence-corrected chi connectivity index (χ0v) is 12.2. The number of hydrogen-bond acceptors (Lipinski definition) is 5. The zero-order valence-electron chi connectivity index (χ0n) is 10.1. The summed E-state index contributed by atoms with van der Waals surface area (Å²) in [6.45, 7) is 0. The maximum absolute atomic E-state index is 5.87. The van der Waals surface area contributed by atoms with Crippen LogP contribution in [0.15, 0.2) is 30.6 Å². The van der Waals surface area contributed by atoms with Crippen molar-refractivity contribution in [3.05, 3.63) is 34.2 Å². The largest absolute Gasteiger partial charge is 0.422 e. The van der Waals surface area contributed by atoms with Gasteiger partial charge in [0.1, 0.15) is 0 Å². The molecule has 0 aliphatic carbocycles. The van der Waals surface area contributed by atoms with Crippen molar-refractivity contribution in [3.63, 3.8) is 0 Å². The van der Waals surface area contributed by atoms with Crippen LogP contribution in [0.1, 0.15) is 0 Å². The highest BCUT2D eigenvalue weighted by molar-refractivity contribution is 14.1. The van der Waals surface area contributed by atoms with Crippen LogP contribution in [0.5, 0.6) is 11.8 Å². The summed E-state index contributed by atoms with van der Waals surface area (Å²) in [7, 11) is 3.91. The quantitative estimate of drug-likeness (QED) is 0.676. The molecule has 0 unspecified atom stereocenters. The van der Waals surface area contributed by atoms with Crippen LogP contribution in [0.25, 0.3) is 0 Å². The molecule has 0 aliphatic heterocycles. The molecule has 2 rings (SSSR count). The van der Waals surface area contributed by atoms with Crippen LogP contribution in [-0.2, 0) is 0 Å². The molecule has 0 bridgehead atoms. The summed E-state index contributed by atoms with van der Waals surface area (Å²) in [6.07, 6.45) is 3.38. The minimum absolute atomic E-state index is 0.290. The third-order valence-electron chi connectivity index (χ3n) is 2.31. The third-order valence-corrected chi connectivity index (χ3v) is 2.87. The fourth-order valence-corrected chi connectivity index (χ4v) is 1.62. The van der Waals surface area contributed by atoms with Gasteiger partial charge in [0.2, 0.25) is 0 Å². The first-order chi connectivity index (χ1) is 8.56. The van der Waals surface area contributed by atoms with E-state index in [1.807, 2.05) is 31.1 Å². The fourth-order valence-electron chi connectivity index (χ4n) is 1.34. The molecule has 1 heterocycles. The number of aromatic nitrogens is 2. The molecule has 6 heteroatoms. The van der Waals surface area contributed by atoms with Gasteiger partial charge in [-0.15, -0.1) is 0 Å². The number of nitrogen functional groups attached to an aromatic ring is 1. The molecule has 1 aromatic carbocycles. The maximum atomic E-state index is 5.87.